The highest BCUT2D eigenvalue weighted by atomic mass is 16.2. The molecule has 2 amide bonds. The van der Waals surface area contributed by atoms with Gasteiger partial charge in [0, 0.05) is 23.6 Å². The van der Waals surface area contributed by atoms with Crippen LogP contribution in [0.2, 0.25) is 0 Å². The number of nitrogens with zero attached hydrogens (tertiary/aromatic N) is 3. The van der Waals surface area contributed by atoms with Gasteiger partial charge in [-0.3, -0.25) is 9.59 Å². The van der Waals surface area contributed by atoms with Crippen molar-refractivity contribution in [2.24, 2.45) is 0 Å². The first-order valence-electron chi connectivity index (χ1n) is 11.1. The minimum Gasteiger partial charge on any atom is -0.330 e. The van der Waals surface area contributed by atoms with Crippen LogP contribution in [0.3, 0.4) is 0 Å². The molecule has 6 heteroatoms. The van der Waals surface area contributed by atoms with Crippen LogP contribution in [-0.4, -0.2) is 39.6 Å². The molecule has 0 saturated carbocycles. The largest absolute Gasteiger partial charge is 0.330 e. The number of hydrogen-bond acceptors (Lipinski definition) is 3. The predicted molar refractivity (Wildman–Crippen MR) is 130 cm³/mol. The standard InChI is InChI=1S/C26H34N4O2/c1-8-29(24(32)20-15-11-13-18-12-9-10-14-19(18)20)17-23(31)27-22-16-21(25(2,3)4)28-30(22)26(5,6)7/h9-16H,8,17H2,1-7H3,(H,27,31). The summed E-state index contributed by atoms with van der Waals surface area (Å²) in [6.45, 7) is 14.7. The van der Waals surface area contributed by atoms with Gasteiger partial charge in [0.25, 0.3) is 5.91 Å². The number of likely N-dealkylation sites (N-methyl/N-ethyl adjacent to an activating group) is 1. The van der Waals surface area contributed by atoms with Crippen LogP contribution in [0.1, 0.15) is 64.5 Å². The lowest BCUT2D eigenvalue weighted by atomic mass is 9.92. The summed E-state index contributed by atoms with van der Waals surface area (Å²) in [6.07, 6.45) is 0. The maximum atomic E-state index is 13.3. The summed E-state index contributed by atoms with van der Waals surface area (Å²) >= 11 is 0. The molecule has 3 rings (SSSR count). The monoisotopic (exact) mass is 434 g/mol. The molecule has 0 aliphatic rings. The number of rotatable bonds is 5. The van der Waals surface area contributed by atoms with Gasteiger partial charge in [-0.2, -0.15) is 5.10 Å². The summed E-state index contributed by atoms with van der Waals surface area (Å²) in [5.74, 6) is 0.242. The summed E-state index contributed by atoms with van der Waals surface area (Å²) < 4.78 is 1.84. The minimum absolute atomic E-state index is 0.0290. The van der Waals surface area contributed by atoms with E-state index in [9.17, 15) is 9.59 Å². The normalized spacial score (nSPS) is 12.1. The van der Waals surface area contributed by atoms with Gasteiger partial charge in [0.1, 0.15) is 12.4 Å². The molecule has 0 radical (unpaired) electrons. The lowest BCUT2D eigenvalue weighted by Crippen LogP contribution is -2.38. The fraction of sp³-hybridized carbons (Fsp3) is 0.423. The first-order chi connectivity index (χ1) is 14.9. The molecule has 1 heterocycles. The van der Waals surface area contributed by atoms with Crippen molar-refractivity contribution < 1.29 is 9.59 Å². The molecular weight excluding hydrogens is 400 g/mol. The van der Waals surface area contributed by atoms with Gasteiger partial charge in [-0.05, 0) is 44.5 Å². The number of carbonyl (C=O) groups excluding carboxylic acids is 2. The maximum Gasteiger partial charge on any atom is 0.254 e. The van der Waals surface area contributed by atoms with Gasteiger partial charge in [0.05, 0.1) is 11.2 Å². The Morgan fingerprint density at radius 3 is 2.28 bits per heavy atom. The molecule has 0 saturated heterocycles. The molecule has 0 bridgehead atoms. The highest BCUT2D eigenvalue weighted by Crippen LogP contribution is 2.28. The molecule has 32 heavy (non-hydrogen) atoms. The molecule has 0 fully saturated rings. The van der Waals surface area contributed by atoms with Gasteiger partial charge in [0.15, 0.2) is 0 Å². The van der Waals surface area contributed by atoms with E-state index in [0.29, 0.717) is 17.9 Å². The summed E-state index contributed by atoms with van der Waals surface area (Å²) in [7, 11) is 0. The van der Waals surface area contributed by atoms with E-state index in [4.69, 9.17) is 5.10 Å². The van der Waals surface area contributed by atoms with Gasteiger partial charge in [-0.1, -0.05) is 57.2 Å². The van der Waals surface area contributed by atoms with E-state index in [2.05, 4.69) is 26.1 Å². The third kappa shape index (κ3) is 5.01. The lowest BCUT2D eigenvalue weighted by molar-refractivity contribution is -0.116. The molecule has 0 unspecified atom stereocenters. The van der Waals surface area contributed by atoms with Gasteiger partial charge in [-0.25, -0.2) is 4.68 Å². The van der Waals surface area contributed by atoms with E-state index < -0.39 is 0 Å². The van der Waals surface area contributed by atoms with Crippen LogP contribution in [0.4, 0.5) is 5.82 Å². The van der Waals surface area contributed by atoms with E-state index in [-0.39, 0.29) is 29.3 Å². The topological polar surface area (TPSA) is 67.2 Å². The molecular formula is C26H34N4O2. The lowest BCUT2D eigenvalue weighted by Gasteiger charge is -2.24. The summed E-state index contributed by atoms with van der Waals surface area (Å²) in [5, 5.41) is 9.62. The maximum absolute atomic E-state index is 13.3. The molecule has 0 spiro atoms. The van der Waals surface area contributed by atoms with Crippen molar-refractivity contribution in [3.8, 4) is 0 Å². The Morgan fingerprint density at radius 1 is 1.00 bits per heavy atom. The Balaban J connectivity index is 1.83. The zero-order chi connectivity index (χ0) is 23.7. The zero-order valence-electron chi connectivity index (χ0n) is 20.2. The summed E-state index contributed by atoms with van der Waals surface area (Å²) in [6, 6.07) is 15.4. The van der Waals surface area contributed by atoms with Crippen molar-refractivity contribution >= 4 is 28.4 Å². The fourth-order valence-corrected chi connectivity index (χ4v) is 3.61. The van der Waals surface area contributed by atoms with Crippen molar-refractivity contribution in [3.05, 3.63) is 59.8 Å². The van der Waals surface area contributed by atoms with Gasteiger partial charge in [0.2, 0.25) is 5.91 Å². The third-order valence-electron chi connectivity index (χ3n) is 5.40. The molecule has 6 nitrogen and oxygen atoms in total. The Labute approximate surface area is 190 Å². The predicted octanol–water partition coefficient (Wildman–Crippen LogP) is 5.19. The first kappa shape index (κ1) is 23.5. The van der Waals surface area contributed by atoms with Crippen LogP contribution in [-0.2, 0) is 15.7 Å². The number of benzene rings is 2. The van der Waals surface area contributed by atoms with Crippen molar-refractivity contribution in [1.29, 1.82) is 0 Å². The second-order valence-corrected chi connectivity index (χ2v) is 10.1. The number of amides is 2. The molecule has 3 aromatic rings. The van der Waals surface area contributed by atoms with Crippen molar-refractivity contribution in [1.82, 2.24) is 14.7 Å². The first-order valence-corrected chi connectivity index (χ1v) is 11.1. The molecule has 1 aromatic heterocycles. The van der Waals surface area contributed by atoms with E-state index in [1.165, 1.54) is 0 Å². The fourth-order valence-electron chi connectivity index (χ4n) is 3.61. The van der Waals surface area contributed by atoms with Gasteiger partial charge < -0.3 is 10.2 Å². The highest BCUT2D eigenvalue weighted by Gasteiger charge is 2.26. The Bertz CT molecular complexity index is 1130. The average Bonchev–Trinajstić information content (AvgIpc) is 3.16. The van der Waals surface area contributed by atoms with Gasteiger partial charge >= 0.3 is 0 Å². The van der Waals surface area contributed by atoms with Crippen LogP contribution < -0.4 is 5.32 Å². The zero-order valence-corrected chi connectivity index (χ0v) is 20.2. The van der Waals surface area contributed by atoms with Crippen LogP contribution in [0.25, 0.3) is 10.8 Å². The van der Waals surface area contributed by atoms with Crippen LogP contribution in [0.15, 0.2) is 48.5 Å². The number of nitrogens with one attached hydrogen (secondary N) is 1. The number of hydrogen-bond donors (Lipinski definition) is 1. The van der Waals surface area contributed by atoms with E-state index in [1.807, 2.05) is 80.9 Å². The van der Waals surface area contributed by atoms with Gasteiger partial charge in [-0.15, -0.1) is 0 Å². The number of aromatic nitrogens is 2. The summed E-state index contributed by atoms with van der Waals surface area (Å²) in [5.41, 5.74) is 1.07. The Kier molecular flexibility index (Phi) is 6.44. The number of anilines is 1. The molecule has 1 N–H and O–H groups in total. The molecule has 0 aliphatic carbocycles. The Hall–Kier alpha value is -3.15. The molecule has 0 atom stereocenters. The smallest absolute Gasteiger partial charge is 0.254 e. The van der Waals surface area contributed by atoms with Crippen molar-refractivity contribution in [2.75, 3.05) is 18.4 Å². The summed E-state index contributed by atoms with van der Waals surface area (Å²) in [4.78, 5) is 27.8. The highest BCUT2D eigenvalue weighted by molar-refractivity contribution is 6.08. The Morgan fingerprint density at radius 2 is 1.66 bits per heavy atom. The van der Waals surface area contributed by atoms with E-state index >= 15 is 0 Å². The van der Waals surface area contributed by atoms with E-state index in [1.54, 1.807) is 4.90 Å². The van der Waals surface area contributed by atoms with Crippen LogP contribution >= 0.6 is 0 Å². The van der Waals surface area contributed by atoms with Crippen molar-refractivity contribution in [3.63, 3.8) is 0 Å². The SMILES string of the molecule is CCN(CC(=O)Nc1cc(C(C)(C)C)nn1C(C)(C)C)C(=O)c1cccc2ccccc12. The average molecular weight is 435 g/mol. The van der Waals surface area contributed by atoms with Crippen LogP contribution in [0.5, 0.6) is 0 Å². The quantitative estimate of drug-likeness (QED) is 0.601. The number of carbonyl (C=O) groups is 2. The van der Waals surface area contributed by atoms with Crippen LogP contribution in [0, 0.1) is 0 Å². The van der Waals surface area contributed by atoms with E-state index in [0.717, 1.165) is 16.5 Å². The second kappa shape index (κ2) is 8.77. The second-order valence-electron chi connectivity index (χ2n) is 10.1. The third-order valence-corrected chi connectivity index (χ3v) is 5.40. The molecule has 0 aliphatic heterocycles. The van der Waals surface area contributed by atoms with Crippen molar-refractivity contribution in [2.45, 2.75) is 59.4 Å². The molecule has 170 valence electrons. The molecule has 2 aromatic carbocycles. The number of fused-ring (bicyclic) bond motifs is 1. The minimum atomic E-state index is -0.296.